The van der Waals surface area contributed by atoms with Gasteiger partial charge in [-0.3, -0.25) is 4.79 Å². The van der Waals surface area contributed by atoms with Gasteiger partial charge in [-0.15, -0.1) is 11.3 Å². The summed E-state index contributed by atoms with van der Waals surface area (Å²) in [6, 6.07) is 12.5. The van der Waals surface area contributed by atoms with E-state index in [2.05, 4.69) is 59.5 Å². The molecule has 4 nitrogen and oxygen atoms in total. The zero-order chi connectivity index (χ0) is 21.7. The topological polar surface area (TPSA) is 54.9 Å². The van der Waals surface area contributed by atoms with E-state index in [1.165, 1.54) is 17.3 Å². The van der Waals surface area contributed by atoms with Crippen molar-refractivity contribution in [3.8, 4) is 0 Å². The van der Waals surface area contributed by atoms with Crippen LogP contribution >= 0.6 is 23.1 Å². The van der Waals surface area contributed by atoms with Crippen molar-refractivity contribution in [1.82, 2.24) is 15.3 Å². The lowest BCUT2D eigenvalue weighted by Gasteiger charge is -2.19. The lowest BCUT2D eigenvalue weighted by atomic mass is 9.98. The van der Waals surface area contributed by atoms with Crippen molar-refractivity contribution < 1.29 is 4.79 Å². The highest BCUT2D eigenvalue weighted by molar-refractivity contribution is 7.98. The zero-order valence-corrected chi connectivity index (χ0v) is 19.9. The lowest BCUT2D eigenvalue weighted by molar-refractivity contribution is -0.121. The fraction of sp³-hybridized carbons (Fsp3) is 0.375. The van der Waals surface area contributed by atoms with Crippen LogP contribution in [0.5, 0.6) is 0 Å². The summed E-state index contributed by atoms with van der Waals surface area (Å²) in [6.07, 6.45) is 3.02. The summed E-state index contributed by atoms with van der Waals surface area (Å²) >= 11 is 3.20. The van der Waals surface area contributed by atoms with Crippen LogP contribution in [0.3, 0.4) is 0 Å². The maximum atomic E-state index is 12.9. The molecule has 2 heterocycles. The second kappa shape index (κ2) is 10.2. The van der Waals surface area contributed by atoms with Crippen LogP contribution in [0.4, 0.5) is 0 Å². The van der Waals surface area contributed by atoms with Crippen molar-refractivity contribution in [3.63, 3.8) is 0 Å². The molecule has 0 aliphatic heterocycles. The molecule has 6 heteroatoms. The van der Waals surface area contributed by atoms with E-state index in [0.29, 0.717) is 18.8 Å². The molecule has 1 unspecified atom stereocenters. The number of benzene rings is 1. The van der Waals surface area contributed by atoms with E-state index < -0.39 is 0 Å². The Labute approximate surface area is 187 Å². The first kappa shape index (κ1) is 22.5. The Kier molecular flexibility index (Phi) is 7.67. The molecule has 0 fully saturated rings. The third-order valence-corrected chi connectivity index (χ3v) is 6.74. The molecule has 0 radical (unpaired) electrons. The van der Waals surface area contributed by atoms with Gasteiger partial charge in [-0.1, -0.05) is 55.9 Å². The maximum Gasteiger partial charge on any atom is 0.221 e. The fourth-order valence-corrected chi connectivity index (χ4v) is 4.74. The van der Waals surface area contributed by atoms with Gasteiger partial charge in [-0.2, -0.15) is 0 Å². The van der Waals surface area contributed by atoms with Crippen molar-refractivity contribution in [3.05, 3.63) is 74.7 Å². The number of amides is 1. The standard InChI is InChI=1S/C24H29N3OS2/c1-15(2)18-8-10-19(11-9-18)23(21-7-6-14-30-21)27-22(28)13-12-20-16(3)25-24(29-5)26-17(20)4/h6-11,14-15,23H,12-13H2,1-5H3,(H,27,28). The van der Waals surface area contributed by atoms with Gasteiger partial charge < -0.3 is 5.32 Å². The molecule has 1 atom stereocenters. The van der Waals surface area contributed by atoms with Gasteiger partial charge in [0.25, 0.3) is 0 Å². The smallest absolute Gasteiger partial charge is 0.221 e. The lowest BCUT2D eigenvalue weighted by Crippen LogP contribution is -2.29. The summed E-state index contributed by atoms with van der Waals surface area (Å²) in [6.45, 7) is 8.36. The van der Waals surface area contributed by atoms with Crippen LogP contribution in [0.25, 0.3) is 0 Å². The first-order valence-electron chi connectivity index (χ1n) is 10.2. The average molecular weight is 440 g/mol. The minimum absolute atomic E-state index is 0.0362. The predicted octanol–water partition coefficient (Wildman–Crippen LogP) is 5.84. The maximum absolute atomic E-state index is 12.9. The van der Waals surface area contributed by atoms with E-state index in [9.17, 15) is 4.79 Å². The molecule has 30 heavy (non-hydrogen) atoms. The number of nitrogens with one attached hydrogen (secondary N) is 1. The number of aryl methyl sites for hydroxylation is 2. The Morgan fingerprint density at radius 1 is 1.07 bits per heavy atom. The highest BCUT2D eigenvalue weighted by Crippen LogP contribution is 2.28. The van der Waals surface area contributed by atoms with Crippen molar-refractivity contribution >= 4 is 29.0 Å². The third kappa shape index (κ3) is 5.49. The Hall–Kier alpha value is -2.18. The van der Waals surface area contributed by atoms with E-state index in [1.807, 2.05) is 31.5 Å². The number of carbonyl (C=O) groups excluding carboxylic acids is 1. The van der Waals surface area contributed by atoms with Crippen LogP contribution in [0.15, 0.2) is 46.9 Å². The highest BCUT2D eigenvalue weighted by atomic mass is 32.2. The first-order valence-corrected chi connectivity index (χ1v) is 12.3. The summed E-state index contributed by atoms with van der Waals surface area (Å²) in [7, 11) is 0. The van der Waals surface area contributed by atoms with E-state index in [-0.39, 0.29) is 11.9 Å². The number of hydrogen-bond donors (Lipinski definition) is 1. The fourth-order valence-electron chi connectivity index (χ4n) is 3.48. The largest absolute Gasteiger partial charge is 0.344 e. The Morgan fingerprint density at radius 3 is 2.23 bits per heavy atom. The van der Waals surface area contributed by atoms with Crippen molar-refractivity contribution in [1.29, 1.82) is 0 Å². The van der Waals surface area contributed by atoms with Crippen LogP contribution in [0, 0.1) is 13.8 Å². The Bertz CT molecular complexity index is 959. The molecule has 0 saturated heterocycles. The van der Waals surface area contributed by atoms with Crippen LogP contribution in [-0.4, -0.2) is 22.1 Å². The van der Waals surface area contributed by atoms with Crippen molar-refractivity contribution in [2.45, 2.75) is 57.7 Å². The Balaban J connectivity index is 1.73. The number of thiophene rings is 1. The molecular weight excluding hydrogens is 410 g/mol. The van der Waals surface area contributed by atoms with Gasteiger partial charge in [0.05, 0.1) is 6.04 Å². The molecule has 3 aromatic rings. The van der Waals surface area contributed by atoms with Crippen LogP contribution < -0.4 is 5.32 Å². The van der Waals surface area contributed by atoms with Gasteiger partial charge in [0.2, 0.25) is 5.91 Å². The summed E-state index contributed by atoms with van der Waals surface area (Å²) < 4.78 is 0. The van der Waals surface area contributed by atoms with Crippen molar-refractivity contribution in [2.75, 3.05) is 6.26 Å². The van der Waals surface area contributed by atoms with E-state index in [4.69, 9.17) is 0 Å². The minimum Gasteiger partial charge on any atom is -0.344 e. The molecule has 1 aromatic carbocycles. The van der Waals surface area contributed by atoms with Gasteiger partial charge in [0, 0.05) is 22.7 Å². The third-order valence-electron chi connectivity index (χ3n) is 5.25. The van der Waals surface area contributed by atoms with E-state index >= 15 is 0 Å². The number of rotatable bonds is 8. The second-order valence-corrected chi connectivity index (χ2v) is 9.45. The van der Waals surface area contributed by atoms with Gasteiger partial charge >= 0.3 is 0 Å². The number of aromatic nitrogens is 2. The first-order chi connectivity index (χ1) is 14.4. The summed E-state index contributed by atoms with van der Waals surface area (Å²) in [4.78, 5) is 23.1. The monoisotopic (exact) mass is 439 g/mol. The summed E-state index contributed by atoms with van der Waals surface area (Å²) in [5, 5.41) is 6.07. The molecule has 0 bridgehead atoms. The molecule has 1 amide bonds. The Morgan fingerprint density at radius 2 is 1.70 bits per heavy atom. The van der Waals surface area contributed by atoms with Crippen LogP contribution in [0.2, 0.25) is 0 Å². The molecule has 0 saturated carbocycles. The SMILES string of the molecule is CSc1nc(C)c(CCC(=O)NC(c2ccc(C(C)C)cc2)c2cccs2)c(C)n1. The average Bonchev–Trinajstić information content (AvgIpc) is 3.25. The molecule has 158 valence electrons. The summed E-state index contributed by atoms with van der Waals surface area (Å²) in [5.41, 5.74) is 5.39. The van der Waals surface area contributed by atoms with Crippen LogP contribution in [-0.2, 0) is 11.2 Å². The molecule has 0 aliphatic rings. The van der Waals surface area contributed by atoms with Gasteiger partial charge in [-0.25, -0.2) is 9.97 Å². The molecule has 0 spiro atoms. The number of nitrogens with zero attached hydrogens (tertiary/aromatic N) is 2. The number of carbonyl (C=O) groups is 1. The van der Waals surface area contributed by atoms with Gasteiger partial charge in [0.15, 0.2) is 5.16 Å². The number of thioether (sulfide) groups is 1. The zero-order valence-electron chi connectivity index (χ0n) is 18.2. The highest BCUT2D eigenvalue weighted by Gasteiger charge is 2.19. The second-order valence-electron chi connectivity index (χ2n) is 7.70. The van der Waals surface area contributed by atoms with Crippen LogP contribution in [0.1, 0.15) is 65.2 Å². The normalized spacial score (nSPS) is 12.2. The molecule has 1 N–H and O–H groups in total. The molecule has 3 rings (SSSR count). The minimum atomic E-state index is -0.129. The molecule has 2 aromatic heterocycles. The van der Waals surface area contributed by atoms with E-state index in [1.54, 1.807) is 11.3 Å². The quantitative estimate of drug-likeness (QED) is 0.354. The van der Waals surface area contributed by atoms with Gasteiger partial charge in [-0.05, 0) is 60.6 Å². The molecule has 0 aliphatic carbocycles. The molecular formula is C24H29N3OS2. The van der Waals surface area contributed by atoms with E-state index in [0.717, 1.165) is 32.5 Å². The van der Waals surface area contributed by atoms with Crippen molar-refractivity contribution in [2.24, 2.45) is 0 Å². The number of hydrogen-bond acceptors (Lipinski definition) is 5. The predicted molar refractivity (Wildman–Crippen MR) is 126 cm³/mol. The van der Waals surface area contributed by atoms with Gasteiger partial charge in [0.1, 0.15) is 0 Å². The summed E-state index contributed by atoms with van der Waals surface area (Å²) in [5.74, 6) is 0.522.